The van der Waals surface area contributed by atoms with Crippen LogP contribution in [0.4, 0.5) is 10.1 Å². The Kier molecular flexibility index (Phi) is 4.76. The quantitative estimate of drug-likeness (QED) is 0.359. The van der Waals surface area contributed by atoms with Crippen molar-refractivity contribution in [2.45, 2.75) is 25.3 Å². The molecule has 5 aromatic rings. The van der Waals surface area contributed by atoms with Gasteiger partial charge in [0.05, 0.1) is 29.5 Å². The number of nitrogens with two attached hydrogens (primary N) is 1. The molecular weight excluding hydrogens is 443 g/mol. The summed E-state index contributed by atoms with van der Waals surface area (Å²) in [5.74, 6) is -0.202. The van der Waals surface area contributed by atoms with Gasteiger partial charge in [-0.3, -0.25) is 9.48 Å². The van der Waals surface area contributed by atoms with Crippen molar-refractivity contribution >= 4 is 27.2 Å². The Labute approximate surface area is 199 Å². The fourth-order valence-electron chi connectivity index (χ4n) is 4.99. The number of nitrogens with one attached hydrogen (secondary N) is 1. The van der Waals surface area contributed by atoms with Gasteiger partial charge in [0, 0.05) is 30.1 Å². The average Bonchev–Trinajstić information content (AvgIpc) is 3.65. The van der Waals surface area contributed by atoms with Crippen LogP contribution in [0.25, 0.3) is 48.8 Å². The zero-order chi connectivity index (χ0) is 24.3. The summed E-state index contributed by atoms with van der Waals surface area (Å²) in [5.41, 5.74) is 9.66. The van der Waals surface area contributed by atoms with Crippen molar-refractivity contribution in [1.29, 1.82) is 0 Å². The number of benzene rings is 3. The summed E-state index contributed by atoms with van der Waals surface area (Å²) in [6.45, 7) is 8.03. The van der Waals surface area contributed by atoms with E-state index in [0.717, 1.165) is 24.0 Å². The Bertz CT molecular complexity index is 1760. The van der Waals surface area contributed by atoms with Crippen molar-refractivity contribution < 1.29 is 4.39 Å². The molecule has 0 spiro atoms. The monoisotopic (exact) mass is 464 g/mol. The Balaban J connectivity index is 1.68. The highest BCUT2D eigenvalue weighted by atomic mass is 19.1. The molecule has 0 unspecified atom stereocenters. The van der Waals surface area contributed by atoms with Crippen molar-refractivity contribution in [2.24, 2.45) is 12.8 Å². The molecule has 6 rings (SSSR count). The number of rotatable bonds is 4. The fraction of sp³-hybridized carbons (Fsp3) is 0.185. The normalized spacial score (nSPS) is 13.4. The average molecular weight is 465 g/mol. The summed E-state index contributed by atoms with van der Waals surface area (Å²) >= 11 is 0. The minimum atomic E-state index is -0.483. The van der Waals surface area contributed by atoms with Gasteiger partial charge in [-0.2, -0.15) is 10.2 Å². The van der Waals surface area contributed by atoms with Crippen LogP contribution >= 0.6 is 0 Å². The van der Waals surface area contributed by atoms with E-state index in [1.807, 2.05) is 30.3 Å². The zero-order valence-corrected chi connectivity index (χ0v) is 19.0. The first-order valence-corrected chi connectivity index (χ1v) is 11.4. The number of aromatic nitrogens is 4. The van der Waals surface area contributed by atoms with E-state index in [2.05, 4.69) is 20.1 Å². The molecule has 8 heteroatoms. The van der Waals surface area contributed by atoms with Gasteiger partial charge in [-0.05, 0) is 58.9 Å². The fourth-order valence-corrected chi connectivity index (χ4v) is 4.99. The second kappa shape index (κ2) is 7.86. The summed E-state index contributed by atoms with van der Waals surface area (Å²) in [6.07, 6.45) is 3.68. The summed E-state index contributed by atoms with van der Waals surface area (Å²) in [5, 5.41) is 13.8. The SMILES string of the molecule is [C-]#[N+]c1c(-c2c(-c3cc(C4CC4)c4c(=O)[nH]nc(CN)c4c3)cnn2C)c(F)cc2ccccc12. The molecule has 3 aromatic carbocycles. The van der Waals surface area contributed by atoms with Crippen LogP contribution in [0.5, 0.6) is 0 Å². The maximum Gasteiger partial charge on any atom is 0.272 e. The second-order valence-corrected chi connectivity index (χ2v) is 8.91. The third-order valence-electron chi connectivity index (χ3n) is 6.78. The van der Waals surface area contributed by atoms with E-state index in [1.54, 1.807) is 24.0 Å². The largest absolute Gasteiger partial charge is 0.325 e. The number of aryl methyl sites for hydroxylation is 1. The molecule has 1 aliphatic carbocycles. The predicted octanol–water partition coefficient (Wildman–Crippen LogP) is 5.17. The minimum absolute atomic E-state index is 0.169. The van der Waals surface area contributed by atoms with Crippen molar-refractivity contribution in [3.8, 4) is 22.4 Å². The molecule has 2 aromatic heterocycles. The lowest BCUT2D eigenvalue weighted by molar-refractivity contribution is 0.630. The lowest BCUT2D eigenvalue weighted by Gasteiger charge is -2.15. The smallest absolute Gasteiger partial charge is 0.272 e. The van der Waals surface area contributed by atoms with E-state index in [9.17, 15) is 4.79 Å². The predicted molar refractivity (Wildman–Crippen MR) is 134 cm³/mol. The lowest BCUT2D eigenvalue weighted by Crippen LogP contribution is -2.15. The lowest BCUT2D eigenvalue weighted by atomic mass is 9.92. The van der Waals surface area contributed by atoms with Crippen molar-refractivity contribution in [1.82, 2.24) is 20.0 Å². The standard InChI is InChI=1S/C27H21FN6O/c1-30-25-17-6-4-3-5-15(17)11-21(28)24(25)26-20(13-31-34(26)2)16-9-18(14-7-8-14)23-19(10-16)22(12-29)32-33-27(23)35/h3-6,9-11,13-14H,7-8,12,29H2,2H3,(H,33,35). The molecule has 0 aliphatic heterocycles. The van der Waals surface area contributed by atoms with Gasteiger partial charge in [-0.1, -0.05) is 24.3 Å². The number of H-pyrrole nitrogens is 1. The Hall–Kier alpha value is -4.35. The molecule has 7 nitrogen and oxygen atoms in total. The van der Waals surface area contributed by atoms with E-state index in [1.165, 1.54) is 6.07 Å². The molecule has 172 valence electrons. The number of nitrogens with zero attached hydrogens (tertiary/aromatic N) is 4. The van der Waals surface area contributed by atoms with Crippen molar-refractivity contribution in [3.05, 3.63) is 87.5 Å². The highest BCUT2D eigenvalue weighted by Gasteiger charge is 2.29. The number of fused-ring (bicyclic) bond motifs is 2. The molecule has 0 radical (unpaired) electrons. The van der Waals surface area contributed by atoms with E-state index >= 15 is 4.39 Å². The second-order valence-electron chi connectivity index (χ2n) is 8.91. The molecule has 1 saturated carbocycles. The van der Waals surface area contributed by atoms with Crippen LogP contribution in [0.2, 0.25) is 0 Å². The van der Waals surface area contributed by atoms with Crippen molar-refractivity contribution in [2.75, 3.05) is 0 Å². The molecule has 35 heavy (non-hydrogen) atoms. The van der Waals surface area contributed by atoms with Crippen LogP contribution in [-0.2, 0) is 13.6 Å². The van der Waals surface area contributed by atoms with E-state index < -0.39 is 5.82 Å². The Morgan fingerprint density at radius 1 is 1.23 bits per heavy atom. The van der Waals surface area contributed by atoms with Crippen molar-refractivity contribution in [3.63, 3.8) is 0 Å². The summed E-state index contributed by atoms with van der Waals surface area (Å²) in [6, 6.07) is 12.6. The van der Waals surface area contributed by atoms with Gasteiger partial charge in [0.2, 0.25) is 5.69 Å². The minimum Gasteiger partial charge on any atom is -0.325 e. The number of hydrogen-bond donors (Lipinski definition) is 2. The van der Waals surface area contributed by atoms with Crippen LogP contribution in [0.1, 0.15) is 30.0 Å². The third kappa shape index (κ3) is 3.24. The zero-order valence-electron chi connectivity index (χ0n) is 19.0. The molecule has 1 fully saturated rings. The Morgan fingerprint density at radius 2 is 2.03 bits per heavy atom. The third-order valence-corrected chi connectivity index (χ3v) is 6.78. The van der Waals surface area contributed by atoms with E-state index in [-0.39, 0.29) is 29.3 Å². The molecule has 0 amide bonds. The summed E-state index contributed by atoms with van der Waals surface area (Å²) < 4.78 is 17.2. The van der Waals surface area contributed by atoms with Gasteiger partial charge in [0.1, 0.15) is 5.82 Å². The number of halogens is 1. The van der Waals surface area contributed by atoms with Gasteiger partial charge in [0.15, 0.2) is 0 Å². The summed E-state index contributed by atoms with van der Waals surface area (Å²) in [4.78, 5) is 16.5. The first-order chi connectivity index (χ1) is 17.0. The van der Waals surface area contributed by atoms with Crippen LogP contribution < -0.4 is 11.3 Å². The first-order valence-electron chi connectivity index (χ1n) is 11.4. The van der Waals surface area contributed by atoms with E-state index in [0.29, 0.717) is 38.5 Å². The van der Waals surface area contributed by atoms with Gasteiger partial charge >= 0.3 is 0 Å². The maximum atomic E-state index is 15.6. The molecular formula is C27H21FN6O. The van der Waals surface area contributed by atoms with E-state index in [4.69, 9.17) is 12.3 Å². The summed E-state index contributed by atoms with van der Waals surface area (Å²) in [7, 11) is 1.74. The molecule has 0 atom stereocenters. The van der Waals surface area contributed by atoms with Crippen LogP contribution in [0.3, 0.4) is 0 Å². The molecule has 0 bridgehead atoms. The Morgan fingerprint density at radius 3 is 2.77 bits per heavy atom. The molecule has 2 heterocycles. The maximum absolute atomic E-state index is 15.6. The topological polar surface area (TPSA) is 93.9 Å². The van der Waals surface area contributed by atoms with Crippen LogP contribution in [0, 0.1) is 12.4 Å². The van der Waals surface area contributed by atoms with Gasteiger partial charge < -0.3 is 5.73 Å². The van der Waals surface area contributed by atoms with Crippen LogP contribution in [-0.4, -0.2) is 20.0 Å². The molecule has 0 saturated heterocycles. The number of aromatic amines is 1. The van der Waals surface area contributed by atoms with Gasteiger partial charge in [0.25, 0.3) is 5.56 Å². The van der Waals surface area contributed by atoms with Gasteiger partial charge in [-0.25, -0.2) is 14.3 Å². The van der Waals surface area contributed by atoms with Crippen LogP contribution in [0.15, 0.2) is 53.5 Å². The molecule has 1 aliphatic rings. The van der Waals surface area contributed by atoms with Gasteiger partial charge in [-0.15, -0.1) is 0 Å². The molecule has 3 N–H and O–H groups in total. The number of hydrogen-bond acceptors (Lipinski definition) is 4. The highest BCUT2D eigenvalue weighted by molar-refractivity contribution is 6.04. The first kappa shape index (κ1) is 21.2. The highest BCUT2D eigenvalue weighted by Crippen LogP contribution is 2.47.